The fourth-order valence-electron chi connectivity index (χ4n) is 1.88. The summed E-state index contributed by atoms with van der Waals surface area (Å²) in [6.45, 7) is 5.89. The summed E-state index contributed by atoms with van der Waals surface area (Å²) in [5.74, 6) is -0.454. The summed E-state index contributed by atoms with van der Waals surface area (Å²) < 4.78 is 4.72. The molecule has 5 nitrogen and oxygen atoms in total. The number of anilines is 2. The lowest BCUT2D eigenvalue weighted by molar-refractivity contribution is 0.0602. The Balaban J connectivity index is 3.10. The van der Waals surface area contributed by atoms with Crippen LogP contribution in [0.15, 0.2) is 12.1 Å². The van der Waals surface area contributed by atoms with Crippen LogP contribution in [0.25, 0.3) is 0 Å². The van der Waals surface area contributed by atoms with Gasteiger partial charge < -0.3 is 20.9 Å². The van der Waals surface area contributed by atoms with Crippen molar-refractivity contribution in [3.63, 3.8) is 0 Å². The fraction of sp³-hybridized carbons (Fsp3) is 0.500. The Bertz CT molecular complexity index is 470. The maximum atomic E-state index is 11.7. The van der Waals surface area contributed by atoms with E-state index in [-0.39, 0.29) is 12.1 Å². The first kappa shape index (κ1) is 15.3. The van der Waals surface area contributed by atoms with E-state index >= 15 is 0 Å². The molecule has 1 rings (SSSR count). The van der Waals surface area contributed by atoms with Crippen molar-refractivity contribution in [2.75, 3.05) is 24.8 Å². The maximum absolute atomic E-state index is 11.7. The second-order valence-electron chi connectivity index (χ2n) is 5.23. The standard InChI is InChI=1S/C14H22N2O3/c1-9-7-10(16-14(2,3)5-6-17)8-11(12(9)15)13(18)19-4/h7-8,16-17H,5-6,15H2,1-4H3. The highest BCUT2D eigenvalue weighted by atomic mass is 16.5. The molecule has 0 aromatic heterocycles. The summed E-state index contributed by atoms with van der Waals surface area (Å²) in [6, 6.07) is 3.55. The number of rotatable bonds is 5. The molecule has 0 fully saturated rings. The van der Waals surface area contributed by atoms with E-state index in [9.17, 15) is 4.79 Å². The van der Waals surface area contributed by atoms with Crippen molar-refractivity contribution in [2.45, 2.75) is 32.7 Å². The third kappa shape index (κ3) is 3.86. The van der Waals surface area contributed by atoms with Crippen LogP contribution in [0.3, 0.4) is 0 Å². The quantitative estimate of drug-likeness (QED) is 0.560. The minimum Gasteiger partial charge on any atom is -0.465 e. The number of hydrogen-bond acceptors (Lipinski definition) is 5. The molecular weight excluding hydrogens is 244 g/mol. The number of nitrogens with one attached hydrogen (secondary N) is 1. The van der Waals surface area contributed by atoms with Crippen LogP contribution in [-0.4, -0.2) is 30.3 Å². The van der Waals surface area contributed by atoms with Gasteiger partial charge in [0.25, 0.3) is 0 Å². The fourth-order valence-corrected chi connectivity index (χ4v) is 1.88. The first-order valence-electron chi connectivity index (χ1n) is 6.18. The van der Waals surface area contributed by atoms with Crippen molar-refractivity contribution >= 4 is 17.3 Å². The molecule has 19 heavy (non-hydrogen) atoms. The molecule has 0 aliphatic rings. The maximum Gasteiger partial charge on any atom is 0.340 e. The van der Waals surface area contributed by atoms with Crippen molar-refractivity contribution < 1.29 is 14.6 Å². The second kappa shape index (κ2) is 5.93. The van der Waals surface area contributed by atoms with Gasteiger partial charge in [-0.1, -0.05) is 0 Å². The topological polar surface area (TPSA) is 84.6 Å². The average molecular weight is 266 g/mol. The normalized spacial score (nSPS) is 11.2. The van der Waals surface area contributed by atoms with Crippen LogP contribution < -0.4 is 11.1 Å². The van der Waals surface area contributed by atoms with Crippen molar-refractivity contribution in [3.05, 3.63) is 23.3 Å². The summed E-state index contributed by atoms with van der Waals surface area (Å²) >= 11 is 0. The van der Waals surface area contributed by atoms with Gasteiger partial charge in [0.15, 0.2) is 0 Å². The molecule has 0 aliphatic carbocycles. The molecule has 0 spiro atoms. The van der Waals surface area contributed by atoms with E-state index in [0.29, 0.717) is 17.7 Å². The number of aliphatic hydroxyl groups is 1. The number of nitrogen functional groups attached to an aromatic ring is 1. The molecule has 0 heterocycles. The summed E-state index contributed by atoms with van der Waals surface area (Å²) in [6.07, 6.45) is 0.601. The zero-order valence-corrected chi connectivity index (χ0v) is 11.9. The van der Waals surface area contributed by atoms with Gasteiger partial charge in [0, 0.05) is 23.5 Å². The van der Waals surface area contributed by atoms with Crippen molar-refractivity contribution in [3.8, 4) is 0 Å². The SMILES string of the molecule is COC(=O)c1cc(NC(C)(C)CCO)cc(C)c1N. The summed E-state index contributed by atoms with van der Waals surface area (Å²) in [4.78, 5) is 11.7. The van der Waals surface area contributed by atoms with Crippen LogP contribution in [-0.2, 0) is 4.74 Å². The predicted octanol–water partition coefficient (Wildman–Crippen LogP) is 1.94. The van der Waals surface area contributed by atoms with Crippen LogP contribution >= 0.6 is 0 Å². The Morgan fingerprint density at radius 1 is 1.47 bits per heavy atom. The van der Waals surface area contributed by atoms with Crippen molar-refractivity contribution in [2.24, 2.45) is 0 Å². The molecule has 0 bridgehead atoms. The number of benzene rings is 1. The van der Waals surface area contributed by atoms with E-state index in [2.05, 4.69) is 5.32 Å². The minimum absolute atomic E-state index is 0.0951. The van der Waals surface area contributed by atoms with E-state index in [1.165, 1.54) is 7.11 Å². The van der Waals surface area contributed by atoms with Gasteiger partial charge in [0.1, 0.15) is 0 Å². The predicted molar refractivity (Wildman–Crippen MR) is 76.3 cm³/mol. The first-order chi connectivity index (χ1) is 8.80. The lowest BCUT2D eigenvalue weighted by Gasteiger charge is -2.27. The Morgan fingerprint density at radius 2 is 2.11 bits per heavy atom. The lowest BCUT2D eigenvalue weighted by Crippen LogP contribution is -2.32. The van der Waals surface area contributed by atoms with E-state index in [4.69, 9.17) is 15.6 Å². The minimum atomic E-state index is -0.454. The van der Waals surface area contributed by atoms with Gasteiger partial charge in [0.2, 0.25) is 0 Å². The highest BCUT2D eigenvalue weighted by molar-refractivity contribution is 5.97. The van der Waals surface area contributed by atoms with E-state index in [1.54, 1.807) is 6.07 Å². The molecule has 0 amide bonds. The molecular formula is C14H22N2O3. The molecule has 5 heteroatoms. The van der Waals surface area contributed by atoms with Crippen LogP contribution in [0.1, 0.15) is 36.2 Å². The number of methoxy groups -OCH3 is 1. The third-order valence-corrected chi connectivity index (χ3v) is 3.01. The number of aryl methyl sites for hydroxylation is 1. The lowest BCUT2D eigenvalue weighted by atomic mass is 9.99. The van der Waals surface area contributed by atoms with Crippen molar-refractivity contribution in [1.29, 1.82) is 0 Å². The third-order valence-electron chi connectivity index (χ3n) is 3.01. The molecule has 0 unspecified atom stereocenters. The zero-order valence-electron chi connectivity index (χ0n) is 11.9. The largest absolute Gasteiger partial charge is 0.465 e. The van der Waals surface area contributed by atoms with Gasteiger partial charge in [-0.3, -0.25) is 0 Å². The number of carbonyl (C=O) groups is 1. The van der Waals surface area contributed by atoms with Gasteiger partial charge >= 0.3 is 5.97 Å². The van der Waals surface area contributed by atoms with Crippen LogP contribution in [0.5, 0.6) is 0 Å². The van der Waals surface area contributed by atoms with E-state index in [1.807, 2.05) is 26.8 Å². The first-order valence-corrected chi connectivity index (χ1v) is 6.18. The van der Waals surface area contributed by atoms with Gasteiger partial charge in [-0.2, -0.15) is 0 Å². The molecule has 0 radical (unpaired) electrons. The van der Waals surface area contributed by atoms with E-state index in [0.717, 1.165) is 11.3 Å². The Kier molecular flexibility index (Phi) is 4.78. The highest BCUT2D eigenvalue weighted by Crippen LogP contribution is 2.26. The number of aliphatic hydroxyl groups excluding tert-OH is 1. The molecule has 0 saturated heterocycles. The molecule has 1 aromatic carbocycles. The molecule has 0 saturated carbocycles. The van der Waals surface area contributed by atoms with Gasteiger partial charge in [-0.05, 0) is 44.9 Å². The number of hydrogen-bond donors (Lipinski definition) is 3. The highest BCUT2D eigenvalue weighted by Gasteiger charge is 2.19. The van der Waals surface area contributed by atoms with Crippen LogP contribution in [0.2, 0.25) is 0 Å². The number of carbonyl (C=O) groups excluding carboxylic acids is 1. The molecule has 1 aromatic rings. The molecule has 0 aliphatic heterocycles. The number of esters is 1. The molecule has 4 N–H and O–H groups in total. The molecule has 106 valence electrons. The summed E-state index contributed by atoms with van der Waals surface area (Å²) in [7, 11) is 1.33. The van der Waals surface area contributed by atoms with Gasteiger partial charge in [0.05, 0.1) is 12.7 Å². The zero-order chi connectivity index (χ0) is 14.6. The van der Waals surface area contributed by atoms with Crippen LogP contribution in [0, 0.1) is 6.92 Å². The van der Waals surface area contributed by atoms with Gasteiger partial charge in [-0.15, -0.1) is 0 Å². The Labute approximate surface area is 113 Å². The Hall–Kier alpha value is -1.75. The molecule has 0 atom stereocenters. The van der Waals surface area contributed by atoms with Crippen molar-refractivity contribution in [1.82, 2.24) is 0 Å². The Morgan fingerprint density at radius 3 is 2.63 bits per heavy atom. The summed E-state index contributed by atoms with van der Waals surface area (Å²) in [5.41, 5.74) is 7.98. The number of nitrogens with two attached hydrogens (primary N) is 1. The van der Waals surface area contributed by atoms with Gasteiger partial charge in [-0.25, -0.2) is 4.79 Å². The smallest absolute Gasteiger partial charge is 0.340 e. The van der Waals surface area contributed by atoms with E-state index < -0.39 is 5.97 Å². The monoisotopic (exact) mass is 266 g/mol. The average Bonchev–Trinajstić information content (AvgIpc) is 2.32. The number of ether oxygens (including phenoxy) is 1. The second-order valence-corrected chi connectivity index (χ2v) is 5.23. The summed E-state index contributed by atoms with van der Waals surface area (Å²) in [5, 5.41) is 12.3. The van der Waals surface area contributed by atoms with Crippen LogP contribution in [0.4, 0.5) is 11.4 Å².